The summed E-state index contributed by atoms with van der Waals surface area (Å²) in [6.07, 6.45) is 5.89. The maximum absolute atomic E-state index is 11.6. The Labute approximate surface area is 121 Å². The van der Waals surface area contributed by atoms with Crippen molar-refractivity contribution in [1.82, 2.24) is 5.32 Å². The summed E-state index contributed by atoms with van der Waals surface area (Å²) in [4.78, 5) is 23.0. The molecule has 0 spiro atoms. The maximum Gasteiger partial charge on any atom is 0.320 e. The lowest BCUT2D eigenvalue weighted by atomic mass is 9.98. The van der Waals surface area contributed by atoms with E-state index in [0.717, 1.165) is 25.7 Å². The molecule has 5 nitrogen and oxygen atoms in total. The number of ether oxygens (including phenoxy) is 2. The average molecular weight is 285 g/mol. The van der Waals surface area contributed by atoms with Crippen molar-refractivity contribution in [2.45, 2.75) is 71.0 Å². The van der Waals surface area contributed by atoms with Gasteiger partial charge in [-0.2, -0.15) is 0 Å². The molecular weight excluding hydrogens is 258 g/mol. The minimum atomic E-state index is -0.474. The van der Waals surface area contributed by atoms with Crippen LogP contribution in [0.15, 0.2) is 0 Å². The van der Waals surface area contributed by atoms with Gasteiger partial charge in [0.05, 0.1) is 13.0 Å². The Morgan fingerprint density at radius 3 is 2.35 bits per heavy atom. The van der Waals surface area contributed by atoms with Crippen molar-refractivity contribution >= 4 is 11.9 Å². The lowest BCUT2D eigenvalue weighted by Gasteiger charge is -2.22. The van der Waals surface area contributed by atoms with Gasteiger partial charge < -0.3 is 14.8 Å². The van der Waals surface area contributed by atoms with E-state index in [-0.39, 0.29) is 24.6 Å². The second-order valence-corrected chi connectivity index (χ2v) is 6.26. The van der Waals surface area contributed by atoms with Crippen LogP contribution < -0.4 is 5.32 Å². The number of esters is 2. The molecule has 20 heavy (non-hydrogen) atoms. The highest BCUT2D eigenvalue weighted by Crippen LogP contribution is 2.20. The van der Waals surface area contributed by atoms with Crippen LogP contribution in [0.4, 0.5) is 0 Å². The van der Waals surface area contributed by atoms with Gasteiger partial charge in [-0.15, -0.1) is 0 Å². The number of carbonyl (C=O) groups excluding carboxylic acids is 2. The quantitative estimate of drug-likeness (QED) is 0.598. The summed E-state index contributed by atoms with van der Waals surface area (Å²) >= 11 is 0. The molecule has 0 unspecified atom stereocenters. The molecule has 0 saturated heterocycles. The second kappa shape index (κ2) is 8.25. The Balaban J connectivity index is 2.05. The van der Waals surface area contributed by atoms with Gasteiger partial charge in [0.15, 0.2) is 0 Å². The van der Waals surface area contributed by atoms with Crippen LogP contribution in [0, 0.1) is 0 Å². The monoisotopic (exact) mass is 285 g/mol. The molecule has 1 aliphatic rings. The third-order valence-corrected chi connectivity index (χ3v) is 3.05. The van der Waals surface area contributed by atoms with Gasteiger partial charge in [0.25, 0.3) is 0 Å². The SMILES string of the molecule is CC(C)(C)OC(=O)CNCCC(=O)OC1CCCCC1. The second-order valence-electron chi connectivity index (χ2n) is 6.26. The van der Waals surface area contributed by atoms with E-state index in [9.17, 15) is 9.59 Å². The third-order valence-electron chi connectivity index (χ3n) is 3.05. The molecular formula is C15H27NO4. The van der Waals surface area contributed by atoms with Gasteiger partial charge in [0.2, 0.25) is 0 Å². The van der Waals surface area contributed by atoms with E-state index in [2.05, 4.69) is 5.32 Å². The van der Waals surface area contributed by atoms with Crippen molar-refractivity contribution in [2.75, 3.05) is 13.1 Å². The highest BCUT2D eigenvalue weighted by Gasteiger charge is 2.18. The summed E-state index contributed by atoms with van der Waals surface area (Å²) in [6.45, 7) is 6.03. The first-order valence-electron chi connectivity index (χ1n) is 7.49. The van der Waals surface area contributed by atoms with Crippen molar-refractivity contribution in [3.8, 4) is 0 Å². The molecule has 0 atom stereocenters. The largest absolute Gasteiger partial charge is 0.462 e. The Kier molecular flexibility index (Phi) is 6.99. The zero-order valence-corrected chi connectivity index (χ0v) is 12.9. The van der Waals surface area contributed by atoms with Crippen LogP contribution in [0.25, 0.3) is 0 Å². The fourth-order valence-electron chi connectivity index (χ4n) is 2.19. The van der Waals surface area contributed by atoms with E-state index in [1.165, 1.54) is 6.42 Å². The number of hydrogen-bond acceptors (Lipinski definition) is 5. The lowest BCUT2D eigenvalue weighted by molar-refractivity contribution is -0.154. The third kappa shape index (κ3) is 8.15. The van der Waals surface area contributed by atoms with Crippen LogP contribution in [-0.2, 0) is 19.1 Å². The van der Waals surface area contributed by atoms with Gasteiger partial charge in [-0.25, -0.2) is 0 Å². The number of nitrogens with one attached hydrogen (secondary N) is 1. The highest BCUT2D eigenvalue weighted by molar-refractivity contribution is 5.72. The predicted molar refractivity (Wildman–Crippen MR) is 76.3 cm³/mol. The summed E-state index contributed by atoms with van der Waals surface area (Å²) in [7, 11) is 0. The molecule has 1 rings (SSSR count). The van der Waals surface area contributed by atoms with Crippen LogP contribution in [-0.4, -0.2) is 36.7 Å². The molecule has 0 aromatic rings. The summed E-state index contributed by atoms with van der Waals surface area (Å²) in [6, 6.07) is 0. The molecule has 0 aromatic carbocycles. The summed E-state index contributed by atoms with van der Waals surface area (Å²) in [5.41, 5.74) is -0.474. The summed E-state index contributed by atoms with van der Waals surface area (Å²) in [5, 5.41) is 2.90. The first-order chi connectivity index (χ1) is 9.37. The molecule has 0 aliphatic heterocycles. The predicted octanol–water partition coefficient (Wildman–Crippen LogP) is 2.18. The fourth-order valence-corrected chi connectivity index (χ4v) is 2.19. The van der Waals surface area contributed by atoms with E-state index in [1.807, 2.05) is 20.8 Å². The van der Waals surface area contributed by atoms with Crippen LogP contribution in [0.1, 0.15) is 59.3 Å². The van der Waals surface area contributed by atoms with Crippen molar-refractivity contribution < 1.29 is 19.1 Å². The van der Waals surface area contributed by atoms with Crippen LogP contribution in [0.3, 0.4) is 0 Å². The Hall–Kier alpha value is -1.10. The van der Waals surface area contributed by atoms with Crippen molar-refractivity contribution in [3.05, 3.63) is 0 Å². The van der Waals surface area contributed by atoms with Gasteiger partial charge in [0.1, 0.15) is 11.7 Å². The fraction of sp³-hybridized carbons (Fsp3) is 0.867. The standard InChI is InChI=1S/C15H27NO4/c1-15(2,3)20-14(18)11-16-10-9-13(17)19-12-7-5-4-6-8-12/h12,16H,4-11H2,1-3H3. The Bertz CT molecular complexity index is 316. The van der Waals surface area contributed by atoms with E-state index in [1.54, 1.807) is 0 Å². The van der Waals surface area contributed by atoms with Crippen LogP contribution in [0.2, 0.25) is 0 Å². The minimum absolute atomic E-state index is 0.0992. The molecule has 1 N–H and O–H groups in total. The number of rotatable bonds is 6. The first-order valence-corrected chi connectivity index (χ1v) is 7.49. The molecule has 1 fully saturated rings. The molecule has 5 heteroatoms. The normalized spacial score (nSPS) is 16.8. The van der Waals surface area contributed by atoms with E-state index in [4.69, 9.17) is 9.47 Å². The molecule has 0 bridgehead atoms. The van der Waals surface area contributed by atoms with Gasteiger partial charge in [-0.3, -0.25) is 9.59 Å². The van der Waals surface area contributed by atoms with Crippen LogP contribution >= 0.6 is 0 Å². The van der Waals surface area contributed by atoms with Gasteiger partial charge in [-0.1, -0.05) is 6.42 Å². The average Bonchev–Trinajstić information content (AvgIpc) is 2.34. The number of carbonyl (C=O) groups is 2. The highest BCUT2D eigenvalue weighted by atomic mass is 16.6. The van der Waals surface area contributed by atoms with E-state index >= 15 is 0 Å². The lowest BCUT2D eigenvalue weighted by Crippen LogP contribution is -2.32. The zero-order valence-electron chi connectivity index (χ0n) is 12.9. The van der Waals surface area contributed by atoms with Crippen molar-refractivity contribution in [3.63, 3.8) is 0 Å². The molecule has 1 aliphatic carbocycles. The minimum Gasteiger partial charge on any atom is -0.462 e. The number of hydrogen-bond donors (Lipinski definition) is 1. The van der Waals surface area contributed by atoms with Crippen molar-refractivity contribution in [1.29, 1.82) is 0 Å². The molecule has 1 saturated carbocycles. The molecule has 0 radical (unpaired) electrons. The van der Waals surface area contributed by atoms with E-state index in [0.29, 0.717) is 13.0 Å². The summed E-state index contributed by atoms with van der Waals surface area (Å²) < 4.78 is 10.5. The summed E-state index contributed by atoms with van der Waals surface area (Å²) in [5.74, 6) is -0.494. The Morgan fingerprint density at radius 2 is 1.75 bits per heavy atom. The van der Waals surface area contributed by atoms with Crippen molar-refractivity contribution in [2.24, 2.45) is 0 Å². The first kappa shape index (κ1) is 17.0. The van der Waals surface area contributed by atoms with E-state index < -0.39 is 5.60 Å². The molecule has 0 heterocycles. The molecule has 116 valence electrons. The zero-order chi connectivity index (χ0) is 15.0. The molecule has 0 aromatic heterocycles. The topological polar surface area (TPSA) is 64.6 Å². The smallest absolute Gasteiger partial charge is 0.320 e. The van der Waals surface area contributed by atoms with Crippen LogP contribution in [0.5, 0.6) is 0 Å². The van der Waals surface area contributed by atoms with Gasteiger partial charge in [-0.05, 0) is 46.5 Å². The maximum atomic E-state index is 11.6. The van der Waals surface area contributed by atoms with Gasteiger partial charge in [0, 0.05) is 6.54 Å². The molecule has 0 amide bonds. The van der Waals surface area contributed by atoms with Gasteiger partial charge >= 0.3 is 11.9 Å². The Morgan fingerprint density at radius 1 is 1.10 bits per heavy atom.